The monoisotopic (exact) mass is 401 g/mol. The molecule has 0 saturated carbocycles. The topological polar surface area (TPSA) is 76.1 Å². The van der Waals surface area contributed by atoms with Crippen LogP contribution in [0.2, 0.25) is 0 Å². The van der Waals surface area contributed by atoms with Crippen LogP contribution in [0.3, 0.4) is 0 Å². The average molecular weight is 401 g/mol. The van der Waals surface area contributed by atoms with E-state index in [1.807, 2.05) is 6.07 Å². The third-order valence-electron chi connectivity index (χ3n) is 5.50. The summed E-state index contributed by atoms with van der Waals surface area (Å²) in [6.45, 7) is 7.49. The Balaban J connectivity index is 1.90. The van der Waals surface area contributed by atoms with Crippen LogP contribution in [0.15, 0.2) is 12.1 Å². The number of ether oxygens (including phenoxy) is 5. The van der Waals surface area contributed by atoms with E-state index in [1.165, 1.54) is 7.11 Å². The molecule has 7 heteroatoms. The molecule has 0 bridgehead atoms. The molecule has 29 heavy (non-hydrogen) atoms. The molecule has 2 aromatic rings. The average Bonchev–Trinajstić information content (AvgIpc) is 3.06. The summed E-state index contributed by atoms with van der Waals surface area (Å²) in [6.07, 6.45) is 1.51. The Morgan fingerprint density at radius 3 is 2.52 bits per heavy atom. The smallest absolute Gasteiger partial charge is 0.357 e. The fourth-order valence-electron chi connectivity index (χ4n) is 4.11. The fourth-order valence-corrected chi connectivity index (χ4v) is 4.11. The number of esters is 1. The second kappa shape index (κ2) is 7.15. The van der Waals surface area contributed by atoms with E-state index in [0.29, 0.717) is 36.7 Å². The van der Waals surface area contributed by atoms with Gasteiger partial charge in [0.05, 0.1) is 45.0 Å². The van der Waals surface area contributed by atoms with E-state index in [4.69, 9.17) is 23.7 Å². The van der Waals surface area contributed by atoms with Gasteiger partial charge in [0, 0.05) is 11.8 Å². The zero-order valence-corrected chi connectivity index (χ0v) is 17.6. The molecule has 1 fully saturated rings. The second-order valence-electron chi connectivity index (χ2n) is 8.27. The number of hydrogen-bond donors (Lipinski definition) is 0. The maximum Gasteiger partial charge on any atom is 0.357 e. The third-order valence-corrected chi connectivity index (χ3v) is 5.50. The number of benzene rings is 1. The van der Waals surface area contributed by atoms with Gasteiger partial charge in [0.25, 0.3) is 0 Å². The zero-order valence-electron chi connectivity index (χ0n) is 17.6. The van der Waals surface area contributed by atoms with Crippen LogP contribution in [0.4, 0.5) is 0 Å². The zero-order chi connectivity index (χ0) is 20.8. The number of carbonyl (C=O) groups is 1. The van der Waals surface area contributed by atoms with Crippen LogP contribution in [-0.4, -0.2) is 45.0 Å². The van der Waals surface area contributed by atoms with Crippen LogP contribution in [0.25, 0.3) is 10.8 Å². The van der Waals surface area contributed by atoms with Crippen molar-refractivity contribution in [2.75, 3.05) is 34.0 Å². The van der Waals surface area contributed by atoms with E-state index in [-0.39, 0.29) is 17.7 Å². The van der Waals surface area contributed by atoms with Gasteiger partial charge in [-0.3, -0.25) is 0 Å². The summed E-state index contributed by atoms with van der Waals surface area (Å²) < 4.78 is 29.1. The van der Waals surface area contributed by atoms with Gasteiger partial charge in [0.1, 0.15) is 5.75 Å². The van der Waals surface area contributed by atoms with Gasteiger partial charge in [-0.1, -0.05) is 19.9 Å². The van der Waals surface area contributed by atoms with Crippen LogP contribution in [-0.2, 0) is 26.4 Å². The molecule has 1 spiro atoms. The number of aryl methyl sites for hydroxylation is 1. The highest BCUT2D eigenvalue weighted by atomic mass is 16.7. The van der Waals surface area contributed by atoms with Crippen molar-refractivity contribution in [3.8, 4) is 11.6 Å². The Kier molecular flexibility index (Phi) is 4.91. The van der Waals surface area contributed by atoms with Crippen LogP contribution in [0.5, 0.6) is 11.6 Å². The van der Waals surface area contributed by atoms with E-state index in [1.54, 1.807) is 20.1 Å². The molecule has 0 atom stereocenters. The highest BCUT2D eigenvalue weighted by Crippen LogP contribution is 2.52. The molecule has 0 amide bonds. The number of aromatic nitrogens is 1. The summed E-state index contributed by atoms with van der Waals surface area (Å²) in [7, 11) is 3.14. The van der Waals surface area contributed by atoms with Crippen LogP contribution in [0, 0.1) is 5.41 Å². The molecule has 1 saturated heterocycles. The van der Waals surface area contributed by atoms with E-state index in [0.717, 1.165) is 22.9 Å². The third kappa shape index (κ3) is 3.22. The van der Waals surface area contributed by atoms with E-state index in [9.17, 15) is 4.79 Å². The van der Waals surface area contributed by atoms with Gasteiger partial charge >= 0.3 is 5.97 Å². The highest BCUT2D eigenvalue weighted by Gasteiger charge is 2.49. The second-order valence-corrected chi connectivity index (χ2v) is 8.27. The summed E-state index contributed by atoms with van der Waals surface area (Å²) in [4.78, 5) is 16.6. The Morgan fingerprint density at radius 1 is 1.17 bits per heavy atom. The number of fused-ring (bicyclic) bond motifs is 3. The van der Waals surface area contributed by atoms with Crippen molar-refractivity contribution in [2.45, 2.75) is 39.4 Å². The van der Waals surface area contributed by atoms with E-state index < -0.39 is 11.8 Å². The summed E-state index contributed by atoms with van der Waals surface area (Å²) in [5.74, 6) is -0.377. The highest BCUT2D eigenvalue weighted by molar-refractivity contribution is 5.99. The molecule has 156 valence electrons. The van der Waals surface area contributed by atoms with Gasteiger partial charge < -0.3 is 23.7 Å². The molecule has 0 N–H and O–H groups in total. The number of nitrogens with zero attached hydrogens (tertiary/aromatic N) is 1. The SMILES string of the molecule is CCOC(=O)c1cc2cc3c(c(OC)c2c(OC)n1)C1(CC3)OCC(C)(C)CO1. The first-order valence-corrected chi connectivity index (χ1v) is 9.88. The van der Waals surface area contributed by atoms with Crippen LogP contribution in [0.1, 0.15) is 48.8 Å². The first-order chi connectivity index (χ1) is 13.8. The summed E-state index contributed by atoms with van der Waals surface area (Å²) in [6, 6.07) is 3.76. The minimum Gasteiger partial charge on any atom is -0.495 e. The van der Waals surface area contributed by atoms with Crippen molar-refractivity contribution in [2.24, 2.45) is 5.41 Å². The lowest BCUT2D eigenvalue weighted by atomic mass is 9.93. The summed E-state index contributed by atoms with van der Waals surface area (Å²) >= 11 is 0. The van der Waals surface area contributed by atoms with E-state index in [2.05, 4.69) is 18.8 Å². The number of carbonyl (C=O) groups excluding carboxylic acids is 1. The first kappa shape index (κ1) is 19.9. The molecular formula is C22H27NO6. The van der Waals surface area contributed by atoms with Gasteiger partial charge in [-0.2, -0.15) is 0 Å². The Bertz CT molecular complexity index is 958. The molecule has 1 aromatic carbocycles. The molecule has 2 aliphatic rings. The van der Waals surface area contributed by atoms with E-state index >= 15 is 0 Å². The largest absolute Gasteiger partial charge is 0.495 e. The molecule has 1 aliphatic carbocycles. The van der Waals surface area contributed by atoms with Crippen molar-refractivity contribution >= 4 is 16.7 Å². The van der Waals surface area contributed by atoms with Gasteiger partial charge in [0.15, 0.2) is 11.5 Å². The summed E-state index contributed by atoms with van der Waals surface area (Å²) in [5.41, 5.74) is 2.15. The van der Waals surface area contributed by atoms with Crippen molar-refractivity contribution in [1.82, 2.24) is 4.98 Å². The normalized spacial score (nSPS) is 19.2. The lowest BCUT2D eigenvalue weighted by Gasteiger charge is -2.42. The Labute approximate surface area is 170 Å². The van der Waals surface area contributed by atoms with Gasteiger partial charge in [0.2, 0.25) is 5.88 Å². The number of pyridine rings is 1. The number of hydrogen-bond acceptors (Lipinski definition) is 7. The van der Waals surface area contributed by atoms with Crippen molar-refractivity contribution < 1.29 is 28.5 Å². The predicted molar refractivity (Wildman–Crippen MR) is 106 cm³/mol. The molecular weight excluding hydrogens is 374 g/mol. The molecule has 1 aliphatic heterocycles. The molecule has 2 heterocycles. The molecule has 0 unspecified atom stereocenters. The molecule has 4 rings (SSSR count). The molecule has 1 aromatic heterocycles. The van der Waals surface area contributed by atoms with Crippen molar-refractivity contribution in [3.63, 3.8) is 0 Å². The maximum atomic E-state index is 12.2. The van der Waals surface area contributed by atoms with Gasteiger partial charge in [-0.25, -0.2) is 9.78 Å². The quantitative estimate of drug-likeness (QED) is 0.725. The maximum absolute atomic E-state index is 12.2. The van der Waals surface area contributed by atoms with Gasteiger partial charge in [-0.15, -0.1) is 0 Å². The fraction of sp³-hybridized carbons (Fsp3) is 0.545. The predicted octanol–water partition coefficient (Wildman–Crippen LogP) is 3.60. The summed E-state index contributed by atoms with van der Waals surface area (Å²) in [5, 5.41) is 1.50. The number of rotatable bonds is 4. The molecule has 7 nitrogen and oxygen atoms in total. The minimum atomic E-state index is -0.824. The lowest BCUT2D eigenvalue weighted by Crippen LogP contribution is -2.44. The minimum absolute atomic E-state index is 0.0358. The number of methoxy groups -OCH3 is 2. The lowest BCUT2D eigenvalue weighted by molar-refractivity contribution is -0.306. The molecule has 0 radical (unpaired) electrons. The van der Waals surface area contributed by atoms with Crippen molar-refractivity contribution in [3.05, 3.63) is 29.0 Å². The standard InChI is InChI=1S/C22H27NO6/c1-6-27-20(24)15-10-14-9-13-7-8-22(28-11-21(2,3)12-29-22)17(13)18(25-4)16(14)19(23-15)26-5/h9-10H,6-8,11-12H2,1-5H3. The van der Waals surface area contributed by atoms with Crippen LogP contribution < -0.4 is 9.47 Å². The Hall–Kier alpha value is -2.38. The Morgan fingerprint density at radius 2 is 1.90 bits per heavy atom. The van der Waals surface area contributed by atoms with Gasteiger partial charge in [-0.05, 0) is 30.4 Å². The van der Waals surface area contributed by atoms with Crippen LogP contribution >= 0.6 is 0 Å². The first-order valence-electron chi connectivity index (χ1n) is 9.88. The van der Waals surface area contributed by atoms with Crippen molar-refractivity contribution in [1.29, 1.82) is 0 Å².